The molecule has 0 spiro atoms. The van der Waals surface area contributed by atoms with E-state index in [1.54, 1.807) is 41.3 Å². The van der Waals surface area contributed by atoms with E-state index in [4.69, 9.17) is 0 Å². The molecule has 1 fully saturated rings. The zero-order valence-corrected chi connectivity index (χ0v) is 14.0. The van der Waals surface area contributed by atoms with Crippen LogP contribution in [0.2, 0.25) is 0 Å². The molecule has 2 aromatic rings. The van der Waals surface area contributed by atoms with Gasteiger partial charge in [-0.1, -0.05) is 30.3 Å². The van der Waals surface area contributed by atoms with Gasteiger partial charge in [0.05, 0.1) is 12.0 Å². The average molecular weight is 343 g/mol. The number of carbonyl (C=O) groups excluding carboxylic acids is 1. The quantitative estimate of drug-likeness (QED) is 0.897. The van der Waals surface area contributed by atoms with Gasteiger partial charge in [0.15, 0.2) is 0 Å². The van der Waals surface area contributed by atoms with Crippen LogP contribution >= 0.6 is 0 Å². The van der Waals surface area contributed by atoms with Crippen molar-refractivity contribution < 1.29 is 19.4 Å². The van der Waals surface area contributed by atoms with Crippen molar-refractivity contribution in [2.24, 2.45) is 0 Å². The molecule has 3 rings (SSSR count). The topological polar surface area (TPSA) is 60.8 Å². The second kappa shape index (κ2) is 7.23. The van der Waals surface area contributed by atoms with Crippen LogP contribution in [0.3, 0.4) is 0 Å². The van der Waals surface area contributed by atoms with E-state index in [1.165, 1.54) is 12.1 Å². The van der Waals surface area contributed by atoms with E-state index < -0.39 is 5.60 Å². The van der Waals surface area contributed by atoms with E-state index in [0.29, 0.717) is 37.9 Å². The molecule has 0 saturated carbocycles. The van der Waals surface area contributed by atoms with Crippen molar-refractivity contribution in [3.05, 3.63) is 65.5 Å². The molecule has 5 heteroatoms. The number of nitrogens with zero attached hydrogens (tertiary/aromatic N) is 1. The van der Waals surface area contributed by atoms with Gasteiger partial charge in [-0.25, -0.2) is 4.39 Å². The van der Waals surface area contributed by atoms with Crippen molar-refractivity contribution >= 4 is 5.91 Å². The van der Waals surface area contributed by atoms with E-state index in [1.807, 2.05) is 0 Å². The molecule has 0 atom stereocenters. The summed E-state index contributed by atoms with van der Waals surface area (Å²) in [4.78, 5) is 14.1. The number of likely N-dealkylation sites (tertiary alicyclic amines) is 1. The van der Waals surface area contributed by atoms with E-state index in [2.05, 4.69) is 0 Å². The van der Waals surface area contributed by atoms with Crippen LogP contribution in [-0.2, 0) is 17.6 Å². The molecule has 1 amide bonds. The zero-order valence-electron chi connectivity index (χ0n) is 14.0. The van der Waals surface area contributed by atoms with E-state index in [-0.39, 0.29) is 23.9 Å². The summed E-state index contributed by atoms with van der Waals surface area (Å²) < 4.78 is 13.3. The van der Waals surface area contributed by atoms with Crippen LogP contribution in [0, 0.1) is 5.82 Å². The fourth-order valence-corrected chi connectivity index (χ4v) is 3.31. The Hall–Kier alpha value is -2.40. The van der Waals surface area contributed by atoms with Crippen LogP contribution in [0.15, 0.2) is 48.5 Å². The molecule has 2 aromatic carbocycles. The largest absolute Gasteiger partial charge is 0.508 e. The van der Waals surface area contributed by atoms with Gasteiger partial charge < -0.3 is 15.1 Å². The summed E-state index contributed by atoms with van der Waals surface area (Å²) >= 11 is 0. The molecule has 1 heterocycles. The van der Waals surface area contributed by atoms with Crippen LogP contribution in [0.25, 0.3) is 0 Å². The van der Waals surface area contributed by atoms with Gasteiger partial charge in [0.2, 0.25) is 5.91 Å². The number of phenols is 1. The Kier molecular flexibility index (Phi) is 5.04. The van der Waals surface area contributed by atoms with Crippen LogP contribution in [-0.4, -0.2) is 39.7 Å². The lowest BCUT2D eigenvalue weighted by atomic mass is 9.85. The molecule has 2 N–H and O–H groups in total. The number of benzene rings is 2. The van der Waals surface area contributed by atoms with E-state index in [0.717, 1.165) is 5.56 Å². The molecular formula is C20H22FNO3. The van der Waals surface area contributed by atoms with Crippen LogP contribution in [0.5, 0.6) is 5.75 Å². The highest BCUT2D eigenvalue weighted by molar-refractivity contribution is 5.79. The number of hydrogen-bond acceptors (Lipinski definition) is 3. The van der Waals surface area contributed by atoms with Crippen molar-refractivity contribution in [2.45, 2.75) is 31.3 Å². The maximum Gasteiger partial charge on any atom is 0.227 e. The van der Waals surface area contributed by atoms with E-state index >= 15 is 0 Å². The number of carbonyl (C=O) groups is 1. The molecule has 4 nitrogen and oxygen atoms in total. The Labute approximate surface area is 146 Å². The highest BCUT2D eigenvalue weighted by atomic mass is 19.1. The first kappa shape index (κ1) is 17.4. The molecule has 1 aliphatic rings. The molecule has 25 heavy (non-hydrogen) atoms. The molecule has 132 valence electrons. The lowest BCUT2D eigenvalue weighted by molar-refractivity contribution is -0.134. The predicted molar refractivity (Wildman–Crippen MR) is 92.7 cm³/mol. The summed E-state index contributed by atoms with van der Waals surface area (Å²) in [6.45, 7) is 0.913. The van der Waals surface area contributed by atoms with Gasteiger partial charge in [-0.3, -0.25) is 4.79 Å². The number of phenolic OH excluding ortho intramolecular Hbond substituents is 1. The number of hydrogen-bond donors (Lipinski definition) is 2. The van der Waals surface area contributed by atoms with E-state index in [9.17, 15) is 19.4 Å². The second-order valence-electron chi connectivity index (χ2n) is 6.72. The minimum atomic E-state index is -0.917. The maximum atomic E-state index is 13.3. The Bertz CT molecular complexity index is 754. The highest BCUT2D eigenvalue weighted by Crippen LogP contribution is 2.27. The fraction of sp³-hybridized carbons (Fsp3) is 0.350. The second-order valence-corrected chi connectivity index (χ2v) is 6.72. The summed E-state index contributed by atoms with van der Waals surface area (Å²) in [7, 11) is 0. The standard InChI is InChI=1S/C20H22FNO3/c21-17-6-3-4-15(12-17)14-20(25)8-10-22(11-9-20)19(24)13-16-5-1-2-7-18(16)23/h1-7,12,23,25H,8-11,13-14H2. The third-order valence-electron chi connectivity index (χ3n) is 4.80. The number of halogens is 1. The molecule has 1 saturated heterocycles. The SMILES string of the molecule is O=C(Cc1ccccc1O)N1CCC(O)(Cc2cccc(F)c2)CC1. The Balaban J connectivity index is 1.57. The Morgan fingerprint density at radius 3 is 2.52 bits per heavy atom. The van der Waals surface area contributed by atoms with Crippen molar-refractivity contribution in [2.75, 3.05) is 13.1 Å². The number of para-hydroxylation sites is 1. The zero-order chi connectivity index (χ0) is 17.9. The molecule has 0 radical (unpaired) electrons. The summed E-state index contributed by atoms with van der Waals surface area (Å²) in [5, 5.41) is 20.5. The van der Waals surface area contributed by atoms with Gasteiger partial charge in [0.25, 0.3) is 0 Å². The van der Waals surface area contributed by atoms with Gasteiger partial charge in [0, 0.05) is 25.1 Å². The van der Waals surface area contributed by atoms with Crippen molar-refractivity contribution in [3.63, 3.8) is 0 Å². The first-order valence-corrected chi connectivity index (χ1v) is 8.47. The third-order valence-corrected chi connectivity index (χ3v) is 4.80. The van der Waals surface area contributed by atoms with Crippen molar-refractivity contribution in [3.8, 4) is 5.75 Å². The van der Waals surface area contributed by atoms with Gasteiger partial charge in [0.1, 0.15) is 11.6 Å². The molecule has 0 aromatic heterocycles. The Morgan fingerprint density at radius 2 is 1.84 bits per heavy atom. The monoisotopic (exact) mass is 343 g/mol. The average Bonchev–Trinajstić information content (AvgIpc) is 2.57. The Morgan fingerprint density at radius 1 is 1.12 bits per heavy atom. The molecular weight excluding hydrogens is 321 g/mol. The van der Waals surface area contributed by atoms with Crippen molar-refractivity contribution in [1.29, 1.82) is 0 Å². The van der Waals surface area contributed by atoms with Crippen LogP contribution in [0.1, 0.15) is 24.0 Å². The number of amides is 1. The minimum Gasteiger partial charge on any atom is -0.508 e. The summed E-state index contributed by atoms with van der Waals surface area (Å²) in [5.41, 5.74) is 0.448. The number of rotatable bonds is 4. The van der Waals surface area contributed by atoms with Crippen molar-refractivity contribution in [1.82, 2.24) is 4.90 Å². The van der Waals surface area contributed by atoms with Crippen LogP contribution in [0.4, 0.5) is 4.39 Å². The molecule has 0 bridgehead atoms. The lowest BCUT2D eigenvalue weighted by Gasteiger charge is -2.38. The normalized spacial score (nSPS) is 16.6. The first-order valence-electron chi connectivity index (χ1n) is 8.47. The van der Waals surface area contributed by atoms with Gasteiger partial charge >= 0.3 is 0 Å². The smallest absolute Gasteiger partial charge is 0.227 e. The maximum absolute atomic E-state index is 13.3. The van der Waals surface area contributed by atoms with Gasteiger partial charge in [-0.05, 0) is 36.6 Å². The summed E-state index contributed by atoms with van der Waals surface area (Å²) in [6.07, 6.45) is 1.44. The minimum absolute atomic E-state index is 0.0608. The molecule has 0 unspecified atom stereocenters. The fourth-order valence-electron chi connectivity index (χ4n) is 3.31. The third kappa shape index (κ3) is 4.37. The number of aliphatic hydroxyl groups is 1. The summed E-state index contributed by atoms with van der Waals surface area (Å²) in [6, 6.07) is 13.1. The lowest BCUT2D eigenvalue weighted by Crippen LogP contribution is -2.48. The molecule has 0 aliphatic carbocycles. The molecule has 1 aliphatic heterocycles. The predicted octanol–water partition coefficient (Wildman–Crippen LogP) is 2.67. The van der Waals surface area contributed by atoms with Gasteiger partial charge in [-0.15, -0.1) is 0 Å². The van der Waals surface area contributed by atoms with Gasteiger partial charge in [-0.2, -0.15) is 0 Å². The first-order chi connectivity index (χ1) is 12.0. The summed E-state index contributed by atoms with van der Waals surface area (Å²) in [5.74, 6) is -0.249. The number of aromatic hydroxyl groups is 1. The highest BCUT2D eigenvalue weighted by Gasteiger charge is 2.34. The number of piperidine rings is 1. The van der Waals surface area contributed by atoms with Crippen LogP contribution < -0.4 is 0 Å².